The van der Waals surface area contributed by atoms with Crippen LogP contribution in [0.4, 0.5) is 0 Å². The Kier molecular flexibility index (Phi) is 6.33. The fraction of sp³-hybridized carbons (Fsp3) is 0.467. The zero-order valence-corrected chi connectivity index (χ0v) is 12.2. The molecule has 0 fully saturated rings. The quantitative estimate of drug-likeness (QED) is 0.590. The molecule has 116 valence electrons. The number of hydrogen-bond donors (Lipinski definition) is 4. The monoisotopic (exact) mass is 294 g/mol. The molecule has 0 aliphatic heterocycles. The summed E-state index contributed by atoms with van der Waals surface area (Å²) in [5.74, 6) is -1.80. The van der Waals surface area contributed by atoms with Crippen molar-refractivity contribution in [2.75, 3.05) is 0 Å². The average Bonchev–Trinajstić information content (AvgIpc) is 2.45. The van der Waals surface area contributed by atoms with Gasteiger partial charge in [-0.05, 0) is 17.9 Å². The van der Waals surface area contributed by atoms with Crippen molar-refractivity contribution in [1.82, 2.24) is 5.32 Å². The van der Waals surface area contributed by atoms with Gasteiger partial charge in [-0.2, -0.15) is 0 Å². The number of nitrogens with one attached hydrogen (secondary N) is 1. The number of amides is 1. The van der Waals surface area contributed by atoms with Crippen LogP contribution in [-0.4, -0.2) is 34.2 Å². The number of hydrogen-bond acceptors (Lipinski definition) is 4. The Bertz CT molecular complexity index is 476. The molecular formula is C15H22N2O4. The molecule has 6 heteroatoms. The number of aliphatic hydroxyl groups is 1. The van der Waals surface area contributed by atoms with Gasteiger partial charge >= 0.3 is 5.97 Å². The molecule has 0 bridgehead atoms. The van der Waals surface area contributed by atoms with Gasteiger partial charge in [-0.3, -0.25) is 4.79 Å². The van der Waals surface area contributed by atoms with Gasteiger partial charge in [-0.1, -0.05) is 44.2 Å². The first kappa shape index (κ1) is 17.1. The Labute approximate surface area is 124 Å². The summed E-state index contributed by atoms with van der Waals surface area (Å²) in [6.45, 7) is 3.71. The lowest BCUT2D eigenvalue weighted by atomic mass is 10.00. The molecule has 0 aliphatic rings. The minimum Gasteiger partial charge on any atom is -0.480 e. The Morgan fingerprint density at radius 1 is 1.24 bits per heavy atom. The standard InChI is InChI=1S/C15H22N2O4/c1-9(2)8-11(15(20)21)17-14(19)13(18)12(16)10-6-4-3-5-7-10/h3-7,9,11-13,18H,8,16H2,1-2H3,(H,17,19)(H,20,21)/t11-,12-,13+/m0/s1. The minimum absolute atomic E-state index is 0.103. The Morgan fingerprint density at radius 2 is 1.81 bits per heavy atom. The Balaban J connectivity index is 2.71. The van der Waals surface area contributed by atoms with Crippen LogP contribution in [-0.2, 0) is 9.59 Å². The number of rotatable bonds is 7. The van der Waals surface area contributed by atoms with Gasteiger partial charge in [-0.15, -0.1) is 0 Å². The van der Waals surface area contributed by atoms with Crippen molar-refractivity contribution in [3.63, 3.8) is 0 Å². The van der Waals surface area contributed by atoms with Crippen molar-refractivity contribution in [2.45, 2.75) is 38.5 Å². The molecule has 3 atom stereocenters. The Morgan fingerprint density at radius 3 is 2.29 bits per heavy atom. The lowest BCUT2D eigenvalue weighted by Crippen LogP contribution is -2.48. The molecule has 0 saturated carbocycles. The van der Waals surface area contributed by atoms with Crippen LogP contribution in [0.1, 0.15) is 31.9 Å². The van der Waals surface area contributed by atoms with Crippen molar-refractivity contribution in [3.05, 3.63) is 35.9 Å². The van der Waals surface area contributed by atoms with E-state index in [1.54, 1.807) is 30.3 Å². The maximum absolute atomic E-state index is 11.9. The number of aliphatic carboxylic acids is 1. The maximum atomic E-state index is 11.9. The summed E-state index contributed by atoms with van der Waals surface area (Å²) in [5, 5.41) is 21.4. The van der Waals surface area contributed by atoms with E-state index in [1.807, 2.05) is 13.8 Å². The molecule has 1 aromatic rings. The summed E-state index contributed by atoms with van der Waals surface area (Å²) in [6, 6.07) is 6.76. The van der Waals surface area contributed by atoms with Gasteiger partial charge in [-0.25, -0.2) is 4.79 Å². The predicted octanol–water partition coefficient (Wildman–Crippen LogP) is 0.663. The number of carboxylic acids is 1. The third-order valence-corrected chi connectivity index (χ3v) is 3.11. The van der Waals surface area contributed by atoms with E-state index >= 15 is 0 Å². The van der Waals surface area contributed by atoms with Crippen LogP contribution >= 0.6 is 0 Å². The number of benzene rings is 1. The van der Waals surface area contributed by atoms with Crippen LogP contribution in [0.25, 0.3) is 0 Å². The van der Waals surface area contributed by atoms with Crippen LogP contribution < -0.4 is 11.1 Å². The van der Waals surface area contributed by atoms with Crippen LogP contribution in [0.5, 0.6) is 0 Å². The van der Waals surface area contributed by atoms with Crippen molar-refractivity contribution in [3.8, 4) is 0 Å². The number of carbonyl (C=O) groups is 2. The highest BCUT2D eigenvalue weighted by molar-refractivity contribution is 5.86. The zero-order chi connectivity index (χ0) is 16.0. The third kappa shape index (κ3) is 5.17. The zero-order valence-electron chi connectivity index (χ0n) is 12.2. The van der Waals surface area contributed by atoms with Gasteiger partial charge in [0.05, 0.1) is 6.04 Å². The molecule has 0 aliphatic carbocycles. The van der Waals surface area contributed by atoms with E-state index < -0.39 is 30.1 Å². The second-order valence-electron chi connectivity index (χ2n) is 5.41. The van der Waals surface area contributed by atoms with E-state index in [2.05, 4.69) is 5.32 Å². The first-order valence-corrected chi connectivity index (χ1v) is 6.84. The van der Waals surface area contributed by atoms with Crippen molar-refractivity contribution < 1.29 is 19.8 Å². The lowest BCUT2D eigenvalue weighted by molar-refractivity contribution is -0.144. The van der Waals surface area contributed by atoms with Gasteiger partial charge in [0.15, 0.2) is 6.10 Å². The highest BCUT2D eigenvalue weighted by Gasteiger charge is 2.28. The molecule has 0 unspecified atom stereocenters. The van der Waals surface area contributed by atoms with Crippen molar-refractivity contribution in [2.24, 2.45) is 11.7 Å². The highest BCUT2D eigenvalue weighted by Crippen LogP contribution is 2.14. The normalized spacial score (nSPS) is 15.3. The summed E-state index contributed by atoms with van der Waals surface area (Å²) in [5.41, 5.74) is 6.44. The SMILES string of the molecule is CC(C)C[C@H](NC(=O)[C@H](O)[C@@H](N)c1ccccc1)C(=O)O. The molecule has 0 spiro atoms. The van der Waals surface area contributed by atoms with Gasteiger partial charge in [0.2, 0.25) is 0 Å². The minimum atomic E-state index is -1.50. The van der Waals surface area contributed by atoms with Crippen LogP contribution in [0, 0.1) is 5.92 Å². The highest BCUT2D eigenvalue weighted by atomic mass is 16.4. The molecule has 0 radical (unpaired) electrons. The van der Waals surface area contributed by atoms with Crippen molar-refractivity contribution >= 4 is 11.9 Å². The summed E-state index contributed by atoms with van der Waals surface area (Å²) in [6.07, 6.45) is -1.21. The van der Waals surface area contributed by atoms with Gasteiger partial charge in [0.25, 0.3) is 5.91 Å². The lowest BCUT2D eigenvalue weighted by Gasteiger charge is -2.22. The molecule has 0 aromatic heterocycles. The first-order valence-electron chi connectivity index (χ1n) is 6.84. The molecule has 1 amide bonds. The van der Waals surface area contributed by atoms with Crippen molar-refractivity contribution in [1.29, 1.82) is 0 Å². The van der Waals surface area contributed by atoms with Gasteiger partial charge in [0, 0.05) is 0 Å². The molecular weight excluding hydrogens is 272 g/mol. The predicted molar refractivity (Wildman–Crippen MR) is 78.4 cm³/mol. The molecule has 0 saturated heterocycles. The van der Waals surface area contributed by atoms with Crippen LogP contribution in [0.2, 0.25) is 0 Å². The van der Waals surface area contributed by atoms with E-state index in [1.165, 1.54) is 0 Å². The molecule has 5 N–H and O–H groups in total. The maximum Gasteiger partial charge on any atom is 0.326 e. The van der Waals surface area contributed by atoms with E-state index in [9.17, 15) is 14.7 Å². The molecule has 6 nitrogen and oxygen atoms in total. The Hall–Kier alpha value is -1.92. The summed E-state index contributed by atoms with van der Waals surface area (Å²) >= 11 is 0. The summed E-state index contributed by atoms with van der Waals surface area (Å²) in [7, 11) is 0. The second-order valence-corrected chi connectivity index (χ2v) is 5.41. The van der Waals surface area contributed by atoms with Gasteiger partial charge < -0.3 is 21.3 Å². The largest absolute Gasteiger partial charge is 0.480 e. The molecule has 0 heterocycles. The second kappa shape index (κ2) is 7.75. The third-order valence-electron chi connectivity index (χ3n) is 3.11. The summed E-state index contributed by atoms with van der Waals surface area (Å²) < 4.78 is 0. The van der Waals surface area contributed by atoms with E-state index in [-0.39, 0.29) is 12.3 Å². The molecule has 1 aromatic carbocycles. The topological polar surface area (TPSA) is 113 Å². The van der Waals surface area contributed by atoms with E-state index in [4.69, 9.17) is 10.8 Å². The fourth-order valence-corrected chi connectivity index (χ4v) is 1.97. The van der Waals surface area contributed by atoms with Gasteiger partial charge in [0.1, 0.15) is 6.04 Å². The molecule has 21 heavy (non-hydrogen) atoms. The molecule has 1 rings (SSSR count). The number of carboxylic acid groups (broad SMARTS) is 1. The smallest absolute Gasteiger partial charge is 0.326 e. The number of nitrogens with two attached hydrogens (primary N) is 1. The average molecular weight is 294 g/mol. The van der Waals surface area contributed by atoms with Crippen LogP contribution in [0.3, 0.4) is 0 Å². The first-order chi connectivity index (χ1) is 9.82. The number of aliphatic hydroxyl groups excluding tert-OH is 1. The van der Waals surface area contributed by atoms with E-state index in [0.717, 1.165) is 0 Å². The summed E-state index contributed by atoms with van der Waals surface area (Å²) in [4.78, 5) is 23.1. The fourth-order valence-electron chi connectivity index (χ4n) is 1.97. The van der Waals surface area contributed by atoms with E-state index in [0.29, 0.717) is 5.56 Å². The number of carbonyl (C=O) groups excluding carboxylic acids is 1. The van der Waals surface area contributed by atoms with Crippen LogP contribution in [0.15, 0.2) is 30.3 Å².